The van der Waals surface area contributed by atoms with E-state index in [4.69, 9.17) is 5.21 Å². The van der Waals surface area contributed by atoms with E-state index in [-0.39, 0.29) is 33.4 Å². The first kappa shape index (κ1) is 16.2. The third-order valence-electron chi connectivity index (χ3n) is 3.07. The van der Waals surface area contributed by atoms with Gasteiger partial charge in [0.25, 0.3) is 0 Å². The van der Waals surface area contributed by atoms with E-state index in [9.17, 15) is 4.79 Å². The zero-order valence-electron chi connectivity index (χ0n) is 10.7. The Morgan fingerprint density at radius 2 is 2.26 bits per heavy atom. The summed E-state index contributed by atoms with van der Waals surface area (Å²) in [6.45, 7) is 3.24. The third kappa shape index (κ3) is 4.03. The van der Waals surface area contributed by atoms with Crippen molar-refractivity contribution >= 4 is 11.6 Å². The van der Waals surface area contributed by atoms with E-state index in [1.54, 1.807) is 5.48 Å². The van der Waals surface area contributed by atoms with Crippen LogP contribution in [0.2, 0.25) is 0 Å². The summed E-state index contributed by atoms with van der Waals surface area (Å²) in [7, 11) is 2.03. The predicted octanol–water partition coefficient (Wildman–Crippen LogP) is 1.65. The van der Waals surface area contributed by atoms with Crippen molar-refractivity contribution in [2.75, 3.05) is 25.0 Å². The van der Waals surface area contributed by atoms with Gasteiger partial charge in [0.2, 0.25) is 5.91 Å². The van der Waals surface area contributed by atoms with E-state index >= 15 is 0 Å². The number of rotatable bonds is 5. The molecule has 1 aromatic carbocycles. The Hall–Kier alpha value is -0.902. The number of nitrogens with zero attached hydrogens (tertiary/aromatic N) is 2. The Labute approximate surface area is 127 Å². The quantitative estimate of drug-likeness (QED) is 0.323. The van der Waals surface area contributed by atoms with Gasteiger partial charge in [0, 0.05) is 12.1 Å². The number of benzene rings is 1. The number of likely N-dealkylation sites (N-methyl/N-ethyl adjacent to an activating group) is 1. The molecule has 1 aliphatic heterocycles. The van der Waals surface area contributed by atoms with Crippen LogP contribution in [-0.4, -0.2) is 31.3 Å². The van der Waals surface area contributed by atoms with Crippen LogP contribution in [-0.2, 0) is 25.9 Å². The van der Waals surface area contributed by atoms with Gasteiger partial charge in [0.05, 0.1) is 0 Å². The van der Waals surface area contributed by atoms with E-state index < -0.39 is 5.91 Å². The fourth-order valence-electron chi connectivity index (χ4n) is 2.17. The summed E-state index contributed by atoms with van der Waals surface area (Å²) in [5.41, 5.74) is 4.09. The molecule has 19 heavy (non-hydrogen) atoms. The molecular formula is C13H17N3O2W. The van der Waals surface area contributed by atoms with Crippen LogP contribution < -0.4 is 10.4 Å². The molecule has 1 heterocycles. The van der Waals surface area contributed by atoms with Gasteiger partial charge < -0.3 is 10.2 Å². The molecule has 0 bridgehead atoms. The van der Waals surface area contributed by atoms with Crippen molar-refractivity contribution < 1.29 is 31.1 Å². The van der Waals surface area contributed by atoms with Crippen LogP contribution in [0.25, 0.3) is 5.32 Å². The average Bonchev–Trinajstić information content (AvgIpc) is 2.72. The second-order valence-electron chi connectivity index (χ2n) is 4.34. The summed E-state index contributed by atoms with van der Waals surface area (Å²) in [6, 6.07) is 8.24. The summed E-state index contributed by atoms with van der Waals surface area (Å²) in [5, 5.41) is 12.7. The number of anilines is 1. The second kappa shape index (κ2) is 7.63. The fraction of sp³-hybridized carbons (Fsp3) is 0.385. The molecule has 0 spiro atoms. The predicted molar refractivity (Wildman–Crippen MR) is 69.5 cm³/mol. The SMILES string of the molecule is CN1[CH-]C(C[N-]CCC(=O)NO)c2ccccc21.[W+2]. The second-order valence-corrected chi connectivity index (χ2v) is 4.34. The minimum absolute atomic E-state index is 0. The van der Waals surface area contributed by atoms with Gasteiger partial charge in [-0.05, 0) is 13.1 Å². The molecule has 1 aromatic rings. The van der Waals surface area contributed by atoms with Gasteiger partial charge in [0.1, 0.15) is 0 Å². The number of hydrogen-bond donors (Lipinski definition) is 2. The van der Waals surface area contributed by atoms with Crippen LogP contribution in [0, 0.1) is 6.54 Å². The molecule has 2 rings (SSSR count). The van der Waals surface area contributed by atoms with Crippen LogP contribution in [0.1, 0.15) is 17.9 Å². The number of carbonyl (C=O) groups excluding carboxylic acids is 1. The van der Waals surface area contributed by atoms with E-state index in [2.05, 4.69) is 28.9 Å². The standard InChI is InChI=1S/C13H17N3O2.W/c1-16-9-10(8-14-7-6-13(17)15-18)11-4-2-3-5-12(11)16;/h2-5,9-10,18H,6-8H2,1H3,(H,15,17);/q-2;+2. The number of carbonyl (C=O) groups is 1. The number of hydroxylamine groups is 1. The maximum absolute atomic E-state index is 10.8. The molecule has 0 saturated carbocycles. The molecule has 1 atom stereocenters. The van der Waals surface area contributed by atoms with Gasteiger partial charge in [-0.1, -0.05) is 23.8 Å². The van der Waals surface area contributed by atoms with Crippen LogP contribution in [0.5, 0.6) is 0 Å². The van der Waals surface area contributed by atoms with Gasteiger partial charge in [-0.15, -0.1) is 12.5 Å². The van der Waals surface area contributed by atoms with Crippen molar-refractivity contribution in [3.8, 4) is 0 Å². The largest absolute Gasteiger partial charge is 2.00 e. The zero-order chi connectivity index (χ0) is 13.0. The van der Waals surface area contributed by atoms with Gasteiger partial charge in [-0.25, -0.2) is 12.0 Å². The van der Waals surface area contributed by atoms with Crippen LogP contribution in [0.3, 0.4) is 0 Å². The van der Waals surface area contributed by atoms with Crippen molar-refractivity contribution in [2.24, 2.45) is 0 Å². The maximum atomic E-state index is 10.8. The topological polar surface area (TPSA) is 66.7 Å². The Morgan fingerprint density at radius 1 is 1.53 bits per heavy atom. The number of nitrogens with one attached hydrogen (secondary N) is 1. The molecule has 0 aliphatic carbocycles. The number of hydrogen-bond acceptors (Lipinski definition) is 3. The molecule has 1 aliphatic rings. The minimum atomic E-state index is -0.397. The van der Waals surface area contributed by atoms with Crippen molar-refractivity contribution in [3.63, 3.8) is 0 Å². The first-order valence-electron chi connectivity index (χ1n) is 5.95. The van der Waals surface area contributed by atoms with Crippen molar-refractivity contribution in [2.45, 2.75) is 12.3 Å². The monoisotopic (exact) mass is 431 g/mol. The molecule has 102 valence electrons. The number of amides is 1. The fourth-order valence-corrected chi connectivity index (χ4v) is 2.17. The van der Waals surface area contributed by atoms with Gasteiger partial charge in [-0.2, -0.15) is 6.54 Å². The van der Waals surface area contributed by atoms with Crippen LogP contribution in [0.15, 0.2) is 24.3 Å². The van der Waals surface area contributed by atoms with E-state index in [0.717, 1.165) is 0 Å². The smallest absolute Gasteiger partial charge is 0.663 e. The molecule has 2 N–H and O–H groups in total. The summed E-state index contributed by atoms with van der Waals surface area (Å²) < 4.78 is 0. The van der Waals surface area contributed by atoms with Crippen molar-refractivity contribution in [1.82, 2.24) is 5.48 Å². The summed E-state index contributed by atoms with van der Waals surface area (Å²) in [6.07, 6.45) is 0.223. The molecule has 5 nitrogen and oxygen atoms in total. The molecule has 0 fully saturated rings. The molecule has 0 aromatic heterocycles. The number of fused-ring (bicyclic) bond motifs is 1. The molecular weight excluding hydrogens is 414 g/mol. The zero-order valence-corrected chi connectivity index (χ0v) is 13.7. The summed E-state index contributed by atoms with van der Waals surface area (Å²) in [5.74, 6) is -0.116. The first-order chi connectivity index (χ1) is 8.72. The first-order valence-corrected chi connectivity index (χ1v) is 5.95. The molecule has 1 amide bonds. The third-order valence-corrected chi connectivity index (χ3v) is 3.07. The van der Waals surface area contributed by atoms with Gasteiger partial charge >= 0.3 is 21.1 Å². The normalized spacial score (nSPS) is 16.7. The van der Waals surface area contributed by atoms with Gasteiger partial charge in [0.15, 0.2) is 0 Å². The molecule has 1 unspecified atom stereocenters. The van der Waals surface area contributed by atoms with Crippen LogP contribution in [0.4, 0.5) is 5.69 Å². The minimum Gasteiger partial charge on any atom is -0.663 e. The average molecular weight is 431 g/mol. The molecule has 6 heteroatoms. The van der Waals surface area contributed by atoms with Crippen molar-refractivity contribution in [3.05, 3.63) is 41.7 Å². The van der Waals surface area contributed by atoms with E-state index in [1.807, 2.05) is 19.2 Å². The molecule has 0 saturated heterocycles. The number of para-hydroxylation sites is 1. The van der Waals surface area contributed by atoms with Crippen molar-refractivity contribution in [1.29, 1.82) is 0 Å². The molecule has 0 radical (unpaired) electrons. The Morgan fingerprint density at radius 3 is 3.00 bits per heavy atom. The van der Waals surface area contributed by atoms with E-state index in [0.29, 0.717) is 13.1 Å². The van der Waals surface area contributed by atoms with Crippen LogP contribution >= 0.6 is 0 Å². The Kier molecular flexibility index (Phi) is 6.49. The van der Waals surface area contributed by atoms with E-state index in [1.165, 1.54) is 11.3 Å². The Balaban J connectivity index is 0.00000180. The Bertz CT molecular complexity index is 428. The summed E-state index contributed by atoms with van der Waals surface area (Å²) in [4.78, 5) is 12.9. The maximum Gasteiger partial charge on any atom is 2.00 e. The summed E-state index contributed by atoms with van der Waals surface area (Å²) >= 11 is 0. The van der Waals surface area contributed by atoms with Gasteiger partial charge in [-0.3, -0.25) is 10.0 Å².